The van der Waals surface area contributed by atoms with Gasteiger partial charge in [0, 0.05) is 12.7 Å². The van der Waals surface area contributed by atoms with Gasteiger partial charge >= 0.3 is 0 Å². The van der Waals surface area contributed by atoms with Crippen molar-refractivity contribution < 1.29 is 4.79 Å². The summed E-state index contributed by atoms with van der Waals surface area (Å²) >= 11 is 1.69. The average molecular weight is 429 g/mol. The van der Waals surface area contributed by atoms with Crippen LogP contribution in [0.1, 0.15) is 41.1 Å². The van der Waals surface area contributed by atoms with E-state index in [0.29, 0.717) is 5.75 Å². The summed E-state index contributed by atoms with van der Waals surface area (Å²) in [6, 6.07) is 26.7. The van der Waals surface area contributed by atoms with Crippen LogP contribution in [0, 0.1) is 0 Å². The molecule has 1 amide bonds. The second-order valence-electron chi connectivity index (χ2n) is 7.74. The van der Waals surface area contributed by atoms with Crippen molar-refractivity contribution in [2.24, 2.45) is 0 Å². The number of thioether (sulfide) groups is 1. The number of hydrogen-bond acceptors (Lipinski definition) is 4. The molecule has 0 N–H and O–H groups in total. The van der Waals surface area contributed by atoms with Crippen LogP contribution in [-0.4, -0.2) is 37.7 Å². The molecule has 0 bridgehead atoms. The number of hydrogen-bond donors (Lipinski definition) is 0. The van der Waals surface area contributed by atoms with E-state index >= 15 is 0 Å². The molecule has 0 unspecified atom stereocenters. The van der Waals surface area contributed by atoms with E-state index in [1.165, 1.54) is 11.1 Å². The molecule has 5 rings (SSSR count). The summed E-state index contributed by atoms with van der Waals surface area (Å²) in [7, 11) is 0. The third-order valence-corrected chi connectivity index (χ3v) is 7.08. The van der Waals surface area contributed by atoms with Crippen molar-refractivity contribution in [3.05, 3.63) is 102 Å². The van der Waals surface area contributed by atoms with E-state index < -0.39 is 0 Å². The van der Waals surface area contributed by atoms with Gasteiger partial charge in [0.15, 0.2) is 11.5 Å². The summed E-state index contributed by atoms with van der Waals surface area (Å²) in [6.45, 7) is 0.771. The molecule has 0 spiro atoms. The number of pyridine rings is 1. The van der Waals surface area contributed by atoms with Crippen LogP contribution in [0.4, 0.5) is 0 Å². The van der Waals surface area contributed by atoms with Gasteiger partial charge in [-0.1, -0.05) is 66.7 Å². The Morgan fingerprint density at radius 2 is 1.61 bits per heavy atom. The summed E-state index contributed by atoms with van der Waals surface area (Å²) < 4.78 is 2.00. The summed E-state index contributed by atoms with van der Waals surface area (Å²) in [5, 5.41) is 8.82. The van der Waals surface area contributed by atoms with Crippen molar-refractivity contribution in [1.29, 1.82) is 0 Å². The number of fused-ring (bicyclic) bond motifs is 1. The number of aromatic nitrogens is 3. The maximum absolute atomic E-state index is 13.3. The zero-order valence-electron chi connectivity index (χ0n) is 17.2. The molecule has 1 saturated heterocycles. The lowest BCUT2D eigenvalue weighted by Gasteiger charge is -2.25. The van der Waals surface area contributed by atoms with Crippen LogP contribution in [0.3, 0.4) is 0 Å². The molecule has 1 aliphatic rings. The van der Waals surface area contributed by atoms with Crippen LogP contribution < -0.4 is 0 Å². The number of carbonyl (C=O) groups is 1. The summed E-state index contributed by atoms with van der Waals surface area (Å²) in [6.07, 6.45) is 3.89. The molecule has 31 heavy (non-hydrogen) atoms. The first-order valence-electron chi connectivity index (χ1n) is 10.6. The van der Waals surface area contributed by atoms with Crippen molar-refractivity contribution in [2.75, 3.05) is 12.3 Å². The normalized spacial score (nSPS) is 16.3. The van der Waals surface area contributed by atoms with Crippen LogP contribution in [-0.2, 0) is 4.79 Å². The largest absolute Gasteiger partial charge is 0.332 e. The van der Waals surface area contributed by atoms with Gasteiger partial charge in [0.05, 0.1) is 17.0 Å². The fourth-order valence-electron chi connectivity index (χ4n) is 4.30. The molecule has 1 fully saturated rings. The molecule has 0 radical (unpaired) electrons. The highest BCUT2D eigenvalue weighted by molar-refractivity contribution is 8.00. The molecule has 6 heteroatoms. The Hall–Kier alpha value is -3.12. The predicted octanol–water partition coefficient (Wildman–Crippen LogP) is 4.92. The van der Waals surface area contributed by atoms with Gasteiger partial charge < -0.3 is 4.90 Å². The van der Waals surface area contributed by atoms with Gasteiger partial charge in [-0.15, -0.1) is 22.0 Å². The van der Waals surface area contributed by atoms with Gasteiger partial charge in [-0.25, -0.2) is 0 Å². The zero-order valence-corrected chi connectivity index (χ0v) is 18.0. The van der Waals surface area contributed by atoms with Crippen molar-refractivity contribution >= 4 is 23.3 Å². The molecule has 5 nitrogen and oxygen atoms in total. The molecule has 0 aliphatic carbocycles. The Bertz CT molecular complexity index is 1120. The van der Waals surface area contributed by atoms with Crippen molar-refractivity contribution in [2.45, 2.75) is 24.1 Å². The molecule has 3 heterocycles. The van der Waals surface area contributed by atoms with Crippen LogP contribution in [0.15, 0.2) is 85.1 Å². The van der Waals surface area contributed by atoms with Crippen LogP contribution in [0.25, 0.3) is 5.65 Å². The van der Waals surface area contributed by atoms with Gasteiger partial charge in [0.1, 0.15) is 0 Å². The minimum Gasteiger partial charge on any atom is -0.332 e. The molecular formula is C25H24N4OS. The Labute approximate surface area is 186 Å². The molecule has 1 atom stereocenters. The van der Waals surface area contributed by atoms with Crippen molar-refractivity contribution in [3.8, 4) is 0 Å². The van der Waals surface area contributed by atoms with E-state index in [1.54, 1.807) is 11.8 Å². The van der Waals surface area contributed by atoms with Crippen LogP contribution in [0.5, 0.6) is 0 Å². The number of nitrogens with zero attached hydrogens (tertiary/aromatic N) is 4. The fourth-order valence-corrected chi connectivity index (χ4v) is 5.47. The van der Waals surface area contributed by atoms with Gasteiger partial charge in [-0.3, -0.25) is 9.20 Å². The number of amides is 1. The first kappa shape index (κ1) is 19.8. The highest BCUT2D eigenvalue weighted by Crippen LogP contribution is 2.37. The number of benzene rings is 2. The predicted molar refractivity (Wildman–Crippen MR) is 124 cm³/mol. The Morgan fingerprint density at radius 1 is 0.935 bits per heavy atom. The first-order valence-corrected chi connectivity index (χ1v) is 11.7. The number of carbonyl (C=O) groups excluding carboxylic acids is 1. The fraction of sp³-hybridized carbons (Fsp3) is 0.240. The number of likely N-dealkylation sites (tertiary alicyclic amines) is 1. The van der Waals surface area contributed by atoms with E-state index in [-0.39, 0.29) is 17.2 Å². The zero-order chi connectivity index (χ0) is 21.0. The molecule has 0 saturated carbocycles. The average Bonchev–Trinajstić information content (AvgIpc) is 3.47. The van der Waals surface area contributed by atoms with Crippen molar-refractivity contribution in [3.63, 3.8) is 0 Å². The van der Waals surface area contributed by atoms with Gasteiger partial charge in [0.2, 0.25) is 5.91 Å². The maximum atomic E-state index is 13.3. The first-order chi connectivity index (χ1) is 15.3. The molecule has 2 aromatic heterocycles. The second-order valence-corrected chi connectivity index (χ2v) is 8.84. The lowest BCUT2D eigenvalue weighted by Crippen LogP contribution is -2.33. The van der Waals surface area contributed by atoms with E-state index in [1.807, 2.05) is 45.8 Å². The van der Waals surface area contributed by atoms with E-state index in [2.05, 4.69) is 58.7 Å². The van der Waals surface area contributed by atoms with E-state index in [0.717, 1.165) is 30.9 Å². The summed E-state index contributed by atoms with van der Waals surface area (Å²) in [4.78, 5) is 15.3. The highest BCUT2D eigenvalue weighted by atomic mass is 32.2. The van der Waals surface area contributed by atoms with Crippen LogP contribution >= 0.6 is 11.8 Å². The van der Waals surface area contributed by atoms with E-state index in [4.69, 9.17) is 0 Å². The lowest BCUT2D eigenvalue weighted by atomic mass is 10.0. The Balaban J connectivity index is 1.35. The molecule has 1 aliphatic heterocycles. The Kier molecular flexibility index (Phi) is 5.71. The molecule has 156 valence electrons. The topological polar surface area (TPSA) is 50.5 Å². The maximum Gasteiger partial charge on any atom is 0.233 e. The number of rotatable bonds is 6. The minimum atomic E-state index is -0.0163. The van der Waals surface area contributed by atoms with E-state index in [9.17, 15) is 4.79 Å². The third-order valence-electron chi connectivity index (χ3n) is 5.79. The SMILES string of the molecule is O=C(CSC(c1ccccc1)c1ccccc1)N1CCC[C@H]1c1nnc2ccccn12. The van der Waals surface area contributed by atoms with Crippen molar-refractivity contribution in [1.82, 2.24) is 19.5 Å². The summed E-state index contributed by atoms with van der Waals surface area (Å²) in [5.74, 6) is 1.45. The third kappa shape index (κ3) is 4.08. The second kappa shape index (κ2) is 8.94. The Morgan fingerprint density at radius 3 is 2.32 bits per heavy atom. The highest BCUT2D eigenvalue weighted by Gasteiger charge is 2.33. The van der Waals surface area contributed by atoms with Gasteiger partial charge in [0.25, 0.3) is 0 Å². The lowest BCUT2D eigenvalue weighted by molar-refractivity contribution is -0.129. The monoisotopic (exact) mass is 428 g/mol. The quantitative estimate of drug-likeness (QED) is 0.438. The molecule has 4 aromatic rings. The minimum absolute atomic E-state index is 0.0163. The van der Waals surface area contributed by atoms with Gasteiger partial charge in [-0.05, 0) is 36.1 Å². The smallest absolute Gasteiger partial charge is 0.233 e. The summed E-state index contributed by atoms with van der Waals surface area (Å²) in [5.41, 5.74) is 3.25. The van der Waals surface area contributed by atoms with Crippen LogP contribution in [0.2, 0.25) is 0 Å². The molecule has 2 aromatic carbocycles. The molecular weight excluding hydrogens is 404 g/mol. The van der Waals surface area contributed by atoms with Gasteiger partial charge in [-0.2, -0.15) is 0 Å². The standard InChI is InChI=1S/C25H24N4OS/c30-23(18-31-24(19-10-3-1-4-11-19)20-12-5-2-6-13-20)28-17-9-14-21(28)25-27-26-22-15-7-8-16-29(22)25/h1-8,10-13,15-16,21,24H,9,14,17-18H2/t21-/m0/s1.